The Bertz CT molecular complexity index is 442. The summed E-state index contributed by atoms with van der Waals surface area (Å²) in [4.78, 5) is 18.8. The van der Waals surface area contributed by atoms with Gasteiger partial charge in [0, 0.05) is 31.5 Å². The van der Waals surface area contributed by atoms with E-state index in [0.29, 0.717) is 11.9 Å². The van der Waals surface area contributed by atoms with Crippen molar-refractivity contribution in [3.8, 4) is 0 Å². The van der Waals surface area contributed by atoms with Gasteiger partial charge in [-0.3, -0.25) is 4.79 Å². The summed E-state index contributed by atoms with van der Waals surface area (Å²) in [6, 6.07) is 0.441. The van der Waals surface area contributed by atoms with Crippen molar-refractivity contribution in [2.24, 2.45) is 0 Å². The molecule has 1 aliphatic carbocycles. The maximum atomic E-state index is 12.3. The summed E-state index contributed by atoms with van der Waals surface area (Å²) in [5.41, 5.74) is 0.108. The lowest BCUT2D eigenvalue weighted by atomic mass is 10.2. The van der Waals surface area contributed by atoms with Gasteiger partial charge < -0.3 is 9.47 Å². The van der Waals surface area contributed by atoms with Gasteiger partial charge in [0.25, 0.3) is 5.56 Å². The maximum absolute atomic E-state index is 12.3. The van der Waals surface area contributed by atoms with Gasteiger partial charge in [-0.15, -0.1) is 0 Å². The van der Waals surface area contributed by atoms with Crippen molar-refractivity contribution < 1.29 is 0 Å². The Labute approximate surface area is 101 Å². The first-order valence-corrected chi connectivity index (χ1v) is 6.68. The molecule has 0 radical (unpaired) electrons. The number of nitrogens with zero attached hydrogens (tertiary/aromatic N) is 3. The van der Waals surface area contributed by atoms with Crippen LogP contribution < -0.4 is 10.5 Å². The van der Waals surface area contributed by atoms with Crippen molar-refractivity contribution in [2.75, 3.05) is 18.0 Å². The zero-order valence-electron chi connectivity index (χ0n) is 10.1. The van der Waals surface area contributed by atoms with Crippen LogP contribution in [0.5, 0.6) is 0 Å². The van der Waals surface area contributed by atoms with Crippen LogP contribution in [0.4, 0.5) is 5.82 Å². The van der Waals surface area contributed by atoms with Gasteiger partial charge in [-0.1, -0.05) is 12.8 Å². The fraction of sp³-hybridized carbons (Fsp3) is 0.692. The van der Waals surface area contributed by atoms with Gasteiger partial charge in [-0.25, -0.2) is 4.98 Å². The molecule has 2 aliphatic rings. The van der Waals surface area contributed by atoms with E-state index in [9.17, 15) is 4.79 Å². The summed E-state index contributed by atoms with van der Waals surface area (Å²) in [5.74, 6) is 0.668. The molecule has 0 bridgehead atoms. The van der Waals surface area contributed by atoms with E-state index in [2.05, 4.69) is 9.88 Å². The molecule has 0 aromatic carbocycles. The van der Waals surface area contributed by atoms with Crippen LogP contribution in [0.2, 0.25) is 0 Å². The lowest BCUT2D eigenvalue weighted by Gasteiger charge is -2.21. The van der Waals surface area contributed by atoms with Crippen LogP contribution in [0.3, 0.4) is 0 Å². The van der Waals surface area contributed by atoms with Crippen molar-refractivity contribution in [1.82, 2.24) is 9.55 Å². The summed E-state index contributed by atoms with van der Waals surface area (Å²) < 4.78 is 1.87. The summed E-state index contributed by atoms with van der Waals surface area (Å²) in [6.45, 7) is 1.97. The smallest absolute Gasteiger partial charge is 0.293 e. The molecule has 1 saturated heterocycles. The highest BCUT2D eigenvalue weighted by Gasteiger charge is 2.26. The molecule has 3 rings (SSSR count). The molecule has 1 aromatic rings. The fourth-order valence-corrected chi connectivity index (χ4v) is 2.55. The third-order valence-corrected chi connectivity index (χ3v) is 3.70. The van der Waals surface area contributed by atoms with E-state index < -0.39 is 0 Å². The van der Waals surface area contributed by atoms with Gasteiger partial charge in [-0.05, 0) is 25.7 Å². The summed E-state index contributed by atoms with van der Waals surface area (Å²) >= 11 is 0. The second-order valence-electron chi connectivity index (χ2n) is 5.10. The predicted molar refractivity (Wildman–Crippen MR) is 67.4 cm³/mol. The van der Waals surface area contributed by atoms with Gasteiger partial charge in [-0.2, -0.15) is 0 Å². The van der Waals surface area contributed by atoms with Crippen molar-refractivity contribution >= 4 is 5.82 Å². The third-order valence-electron chi connectivity index (χ3n) is 3.70. The number of aromatic nitrogens is 2. The molecule has 1 aromatic heterocycles. The highest BCUT2D eigenvalue weighted by Crippen LogP contribution is 2.33. The summed E-state index contributed by atoms with van der Waals surface area (Å²) in [6.07, 6.45) is 10.8. The number of anilines is 1. The van der Waals surface area contributed by atoms with E-state index in [-0.39, 0.29) is 5.56 Å². The number of rotatable bonds is 2. The average Bonchev–Trinajstić information content (AvgIpc) is 3.16. The molecular formula is C13H19N3O. The van der Waals surface area contributed by atoms with Crippen LogP contribution in [0.15, 0.2) is 17.2 Å². The molecular weight excluding hydrogens is 214 g/mol. The standard InChI is InChI=1S/C13H19N3O/c17-13-12(15-8-3-1-2-4-9-15)14-7-10-16(13)11-5-6-11/h7,10-11H,1-6,8-9H2. The van der Waals surface area contributed by atoms with Crippen LogP contribution in [0, 0.1) is 0 Å². The Morgan fingerprint density at radius 3 is 2.47 bits per heavy atom. The topological polar surface area (TPSA) is 38.1 Å². The molecule has 1 saturated carbocycles. The Kier molecular flexibility index (Phi) is 2.87. The maximum Gasteiger partial charge on any atom is 0.293 e. The zero-order chi connectivity index (χ0) is 11.7. The van der Waals surface area contributed by atoms with Crippen LogP contribution in [0.25, 0.3) is 0 Å². The Balaban J connectivity index is 1.90. The van der Waals surface area contributed by atoms with E-state index in [1.165, 1.54) is 25.7 Å². The van der Waals surface area contributed by atoms with Crippen molar-refractivity contribution in [2.45, 2.75) is 44.6 Å². The quantitative estimate of drug-likeness (QED) is 0.783. The molecule has 17 heavy (non-hydrogen) atoms. The van der Waals surface area contributed by atoms with Crippen molar-refractivity contribution in [3.05, 3.63) is 22.7 Å². The van der Waals surface area contributed by atoms with Crippen molar-refractivity contribution in [1.29, 1.82) is 0 Å². The fourth-order valence-electron chi connectivity index (χ4n) is 2.55. The monoisotopic (exact) mass is 233 g/mol. The molecule has 0 N–H and O–H groups in total. The lowest BCUT2D eigenvalue weighted by molar-refractivity contribution is 0.680. The molecule has 1 aliphatic heterocycles. The zero-order valence-corrected chi connectivity index (χ0v) is 10.1. The molecule has 2 heterocycles. The molecule has 92 valence electrons. The third kappa shape index (κ3) is 2.21. The molecule has 2 fully saturated rings. The predicted octanol–water partition coefficient (Wildman–Crippen LogP) is 1.96. The normalized spacial score (nSPS) is 21.3. The van der Waals surface area contributed by atoms with E-state index in [1.54, 1.807) is 6.20 Å². The first-order valence-electron chi connectivity index (χ1n) is 6.68. The Morgan fingerprint density at radius 1 is 1.12 bits per heavy atom. The molecule has 0 amide bonds. The first kappa shape index (κ1) is 10.8. The number of hydrogen-bond acceptors (Lipinski definition) is 3. The highest BCUT2D eigenvalue weighted by atomic mass is 16.1. The van der Waals surface area contributed by atoms with E-state index in [1.807, 2.05) is 10.8 Å². The summed E-state index contributed by atoms with van der Waals surface area (Å²) in [5, 5.41) is 0. The summed E-state index contributed by atoms with van der Waals surface area (Å²) in [7, 11) is 0. The highest BCUT2D eigenvalue weighted by molar-refractivity contribution is 5.36. The van der Waals surface area contributed by atoms with Crippen LogP contribution >= 0.6 is 0 Å². The molecule has 4 nitrogen and oxygen atoms in total. The van der Waals surface area contributed by atoms with Gasteiger partial charge >= 0.3 is 0 Å². The molecule has 4 heteroatoms. The van der Waals surface area contributed by atoms with E-state index in [4.69, 9.17) is 0 Å². The van der Waals surface area contributed by atoms with E-state index >= 15 is 0 Å². The lowest BCUT2D eigenvalue weighted by Crippen LogP contribution is -2.33. The SMILES string of the molecule is O=c1c(N2CCCCCC2)nccn1C1CC1. The largest absolute Gasteiger partial charge is 0.352 e. The van der Waals surface area contributed by atoms with E-state index in [0.717, 1.165) is 25.9 Å². The Morgan fingerprint density at radius 2 is 1.82 bits per heavy atom. The minimum absolute atomic E-state index is 0.108. The molecule has 0 spiro atoms. The molecule has 0 unspecified atom stereocenters. The van der Waals surface area contributed by atoms with Gasteiger partial charge in [0.1, 0.15) is 0 Å². The second-order valence-corrected chi connectivity index (χ2v) is 5.10. The van der Waals surface area contributed by atoms with Gasteiger partial charge in [0.05, 0.1) is 0 Å². The van der Waals surface area contributed by atoms with Crippen LogP contribution in [0.1, 0.15) is 44.6 Å². The van der Waals surface area contributed by atoms with Gasteiger partial charge in [0.2, 0.25) is 0 Å². The van der Waals surface area contributed by atoms with Gasteiger partial charge in [0.15, 0.2) is 5.82 Å². The van der Waals surface area contributed by atoms with Crippen molar-refractivity contribution in [3.63, 3.8) is 0 Å². The number of hydrogen-bond donors (Lipinski definition) is 0. The first-order chi connectivity index (χ1) is 8.36. The van der Waals surface area contributed by atoms with Crippen LogP contribution in [-0.4, -0.2) is 22.6 Å². The van der Waals surface area contributed by atoms with Crippen LogP contribution in [-0.2, 0) is 0 Å². The molecule has 0 atom stereocenters. The average molecular weight is 233 g/mol. The minimum Gasteiger partial charge on any atom is -0.352 e. The second kappa shape index (κ2) is 4.51. The minimum atomic E-state index is 0.108. The Hall–Kier alpha value is -1.32.